The van der Waals surface area contributed by atoms with Crippen LogP contribution in [-0.2, 0) is 9.59 Å². The summed E-state index contributed by atoms with van der Waals surface area (Å²) in [6.07, 6.45) is -0.802. The van der Waals surface area contributed by atoms with Crippen molar-refractivity contribution in [3.8, 4) is 11.5 Å². The zero-order chi connectivity index (χ0) is 13.1. The monoisotopic (exact) mass is 251 g/mol. The molecule has 2 rings (SSSR count). The Morgan fingerprint density at radius 3 is 2.72 bits per heavy atom. The highest BCUT2D eigenvalue weighted by atomic mass is 16.6. The molecule has 0 radical (unpaired) electrons. The van der Waals surface area contributed by atoms with Crippen molar-refractivity contribution < 1.29 is 24.2 Å². The first-order valence-corrected chi connectivity index (χ1v) is 5.43. The van der Waals surface area contributed by atoms with E-state index in [9.17, 15) is 9.59 Å². The molecule has 1 atom stereocenters. The normalized spacial score (nSPS) is 17.1. The number of carboxylic acid groups (broad SMARTS) is 1. The molecule has 18 heavy (non-hydrogen) atoms. The summed E-state index contributed by atoms with van der Waals surface area (Å²) < 4.78 is 10.9. The minimum Gasteiger partial charge on any atom is -0.485 e. The van der Waals surface area contributed by atoms with E-state index in [-0.39, 0.29) is 13.2 Å². The number of carbonyl (C=O) groups excluding carboxylic acids is 1. The van der Waals surface area contributed by atoms with Gasteiger partial charge >= 0.3 is 5.97 Å². The molecule has 1 heterocycles. The fraction of sp³-hybridized carbons (Fsp3) is 0.333. The van der Waals surface area contributed by atoms with Crippen LogP contribution in [0.3, 0.4) is 0 Å². The van der Waals surface area contributed by atoms with E-state index >= 15 is 0 Å². The molecule has 1 aliphatic heterocycles. The third kappa shape index (κ3) is 2.53. The van der Waals surface area contributed by atoms with Crippen molar-refractivity contribution in [3.63, 3.8) is 0 Å². The molecule has 0 saturated heterocycles. The maximum Gasteiger partial charge on any atom is 0.323 e. The van der Waals surface area contributed by atoms with Crippen LogP contribution >= 0.6 is 0 Å². The molecular weight excluding hydrogens is 238 g/mol. The smallest absolute Gasteiger partial charge is 0.323 e. The van der Waals surface area contributed by atoms with E-state index in [0.29, 0.717) is 11.5 Å². The molecule has 0 fully saturated rings. The van der Waals surface area contributed by atoms with Crippen LogP contribution in [0.25, 0.3) is 0 Å². The van der Waals surface area contributed by atoms with E-state index < -0.39 is 18.0 Å². The number of nitrogens with zero attached hydrogens (tertiary/aromatic N) is 1. The molecule has 1 aliphatic rings. The number of carbonyl (C=O) groups is 2. The summed E-state index contributed by atoms with van der Waals surface area (Å²) in [7, 11) is 1.42. The standard InChI is InChI=1S/C12H13NO5/c1-13(6-11(14)15)12(16)10-7-17-8-4-2-3-5-9(8)18-10/h2-5,10H,6-7H2,1H3,(H,14,15). The third-order valence-corrected chi connectivity index (χ3v) is 2.53. The van der Waals surface area contributed by atoms with Gasteiger partial charge in [0.2, 0.25) is 6.10 Å². The van der Waals surface area contributed by atoms with Crippen LogP contribution in [0.4, 0.5) is 0 Å². The largest absolute Gasteiger partial charge is 0.485 e. The summed E-state index contributed by atoms with van der Waals surface area (Å²) in [5.41, 5.74) is 0. The number of hydrogen-bond donors (Lipinski definition) is 1. The highest BCUT2D eigenvalue weighted by Gasteiger charge is 2.30. The first-order chi connectivity index (χ1) is 8.58. The molecule has 6 heteroatoms. The number of benzene rings is 1. The average molecular weight is 251 g/mol. The van der Waals surface area contributed by atoms with Crippen LogP contribution < -0.4 is 9.47 Å². The Bertz CT molecular complexity index is 473. The Morgan fingerprint density at radius 1 is 1.39 bits per heavy atom. The average Bonchev–Trinajstić information content (AvgIpc) is 2.36. The fourth-order valence-corrected chi connectivity index (χ4v) is 1.67. The zero-order valence-electron chi connectivity index (χ0n) is 9.83. The summed E-state index contributed by atoms with van der Waals surface area (Å²) >= 11 is 0. The lowest BCUT2D eigenvalue weighted by molar-refractivity contribution is -0.147. The Kier molecular flexibility index (Phi) is 3.36. The molecule has 0 bridgehead atoms. The number of aliphatic carboxylic acids is 1. The maximum atomic E-state index is 11.9. The van der Waals surface area contributed by atoms with Gasteiger partial charge in [0, 0.05) is 7.05 Å². The van der Waals surface area contributed by atoms with E-state index in [1.165, 1.54) is 7.05 Å². The lowest BCUT2D eigenvalue weighted by Crippen LogP contribution is -2.46. The van der Waals surface area contributed by atoms with Crippen molar-refractivity contribution in [2.45, 2.75) is 6.10 Å². The van der Waals surface area contributed by atoms with Gasteiger partial charge in [0.25, 0.3) is 5.91 Å². The predicted octanol–water partition coefficient (Wildman–Crippen LogP) is 0.369. The summed E-state index contributed by atoms with van der Waals surface area (Å²) in [5.74, 6) is -0.400. The van der Waals surface area contributed by atoms with Crippen molar-refractivity contribution >= 4 is 11.9 Å². The molecular formula is C12H13NO5. The zero-order valence-corrected chi connectivity index (χ0v) is 9.83. The van der Waals surface area contributed by atoms with E-state index in [0.717, 1.165) is 4.90 Å². The number of ether oxygens (including phenoxy) is 2. The Morgan fingerprint density at radius 2 is 2.06 bits per heavy atom. The molecule has 0 saturated carbocycles. The van der Waals surface area contributed by atoms with Crippen LogP contribution in [-0.4, -0.2) is 48.2 Å². The Balaban J connectivity index is 2.04. The minimum absolute atomic E-state index is 0.0831. The van der Waals surface area contributed by atoms with Gasteiger partial charge in [-0.15, -0.1) is 0 Å². The van der Waals surface area contributed by atoms with E-state index in [2.05, 4.69) is 0 Å². The second-order valence-electron chi connectivity index (χ2n) is 3.95. The number of para-hydroxylation sites is 2. The molecule has 1 amide bonds. The fourth-order valence-electron chi connectivity index (χ4n) is 1.67. The molecule has 6 nitrogen and oxygen atoms in total. The molecule has 0 spiro atoms. The summed E-state index contributed by atoms with van der Waals surface area (Å²) in [6, 6.07) is 7.03. The van der Waals surface area contributed by atoms with E-state index in [1.54, 1.807) is 24.3 Å². The summed E-state index contributed by atoms with van der Waals surface area (Å²) in [6.45, 7) is -0.278. The summed E-state index contributed by atoms with van der Waals surface area (Å²) in [4.78, 5) is 23.5. The maximum absolute atomic E-state index is 11.9. The van der Waals surface area contributed by atoms with Crippen molar-refractivity contribution in [1.29, 1.82) is 0 Å². The van der Waals surface area contributed by atoms with Crippen LogP contribution in [0, 0.1) is 0 Å². The van der Waals surface area contributed by atoms with Crippen LogP contribution in [0.15, 0.2) is 24.3 Å². The number of hydrogen-bond acceptors (Lipinski definition) is 4. The van der Waals surface area contributed by atoms with E-state index in [1.807, 2.05) is 0 Å². The highest BCUT2D eigenvalue weighted by molar-refractivity contribution is 5.85. The molecule has 96 valence electrons. The van der Waals surface area contributed by atoms with Gasteiger partial charge < -0.3 is 19.5 Å². The lowest BCUT2D eigenvalue weighted by atomic mass is 10.2. The van der Waals surface area contributed by atoms with E-state index in [4.69, 9.17) is 14.6 Å². The molecule has 0 aliphatic carbocycles. The van der Waals surface area contributed by atoms with Crippen molar-refractivity contribution in [3.05, 3.63) is 24.3 Å². The molecule has 1 aromatic rings. The minimum atomic E-state index is -1.07. The van der Waals surface area contributed by atoms with Gasteiger partial charge in [0.05, 0.1) is 0 Å². The molecule has 1 aromatic carbocycles. The van der Waals surface area contributed by atoms with Gasteiger partial charge in [-0.25, -0.2) is 0 Å². The lowest BCUT2D eigenvalue weighted by Gasteiger charge is -2.28. The van der Waals surface area contributed by atoms with Crippen molar-refractivity contribution in [2.75, 3.05) is 20.2 Å². The van der Waals surface area contributed by atoms with Gasteiger partial charge in [0.15, 0.2) is 11.5 Å². The van der Waals surface area contributed by atoms with Crippen LogP contribution in [0.2, 0.25) is 0 Å². The van der Waals surface area contributed by atoms with Gasteiger partial charge in [-0.05, 0) is 12.1 Å². The molecule has 1 N–H and O–H groups in total. The Labute approximate surface area is 104 Å². The number of carboxylic acids is 1. The number of amides is 1. The van der Waals surface area contributed by atoms with Gasteiger partial charge in [-0.3, -0.25) is 9.59 Å². The first-order valence-electron chi connectivity index (χ1n) is 5.43. The SMILES string of the molecule is CN(CC(=O)O)C(=O)C1COc2ccccc2O1. The second kappa shape index (κ2) is 4.95. The topological polar surface area (TPSA) is 76.1 Å². The second-order valence-corrected chi connectivity index (χ2v) is 3.95. The van der Waals surface area contributed by atoms with Gasteiger partial charge in [-0.2, -0.15) is 0 Å². The van der Waals surface area contributed by atoms with Crippen LogP contribution in [0.1, 0.15) is 0 Å². The van der Waals surface area contributed by atoms with Crippen molar-refractivity contribution in [1.82, 2.24) is 4.90 Å². The number of rotatable bonds is 3. The predicted molar refractivity (Wildman–Crippen MR) is 61.6 cm³/mol. The number of fused-ring (bicyclic) bond motifs is 1. The quantitative estimate of drug-likeness (QED) is 0.840. The van der Waals surface area contributed by atoms with Crippen LogP contribution in [0.5, 0.6) is 11.5 Å². The first kappa shape index (κ1) is 12.2. The molecule has 0 aromatic heterocycles. The summed E-state index contributed by atoms with van der Waals surface area (Å²) in [5, 5.41) is 8.62. The Hall–Kier alpha value is -2.24. The number of likely N-dealkylation sites (N-methyl/N-ethyl adjacent to an activating group) is 1. The third-order valence-electron chi connectivity index (χ3n) is 2.53. The molecule has 1 unspecified atom stereocenters. The highest BCUT2D eigenvalue weighted by Crippen LogP contribution is 2.31. The van der Waals surface area contributed by atoms with Crippen molar-refractivity contribution in [2.24, 2.45) is 0 Å². The van der Waals surface area contributed by atoms with Gasteiger partial charge in [-0.1, -0.05) is 12.1 Å². The van der Waals surface area contributed by atoms with Gasteiger partial charge in [0.1, 0.15) is 13.2 Å².